The van der Waals surface area contributed by atoms with Gasteiger partial charge in [-0.2, -0.15) is 0 Å². The van der Waals surface area contributed by atoms with E-state index in [9.17, 15) is 9.59 Å². The maximum atomic E-state index is 12.7. The summed E-state index contributed by atoms with van der Waals surface area (Å²) in [7, 11) is 0. The number of ether oxygens (including phenoxy) is 1. The fourth-order valence-corrected chi connectivity index (χ4v) is 4.84. The molecule has 1 N–H and O–H groups in total. The average molecular weight is 430 g/mol. The Kier molecular flexibility index (Phi) is 8.01. The molecule has 1 aliphatic heterocycles. The number of piperazine rings is 1. The maximum Gasteiger partial charge on any atom is 0.341 e. The normalized spacial score (nSPS) is 15.2. The minimum absolute atomic E-state index is 0.0701. The third-order valence-electron chi connectivity index (χ3n) is 5.45. The molecule has 1 aromatic heterocycles. The first kappa shape index (κ1) is 22.5. The third-order valence-corrected chi connectivity index (χ3v) is 6.47. The third kappa shape index (κ3) is 5.47. The number of benzene rings is 1. The summed E-state index contributed by atoms with van der Waals surface area (Å²) in [5.41, 5.74) is 2.24. The van der Waals surface area contributed by atoms with Crippen LogP contribution in [0.25, 0.3) is 11.1 Å². The van der Waals surface area contributed by atoms with Gasteiger partial charge in [-0.05, 0) is 26.0 Å². The summed E-state index contributed by atoms with van der Waals surface area (Å²) in [6.45, 7) is 12.1. The van der Waals surface area contributed by atoms with Crippen molar-refractivity contribution in [3.8, 4) is 11.1 Å². The lowest BCUT2D eigenvalue weighted by Crippen LogP contribution is -2.46. The fourth-order valence-electron chi connectivity index (χ4n) is 3.76. The van der Waals surface area contributed by atoms with E-state index in [1.807, 2.05) is 37.3 Å². The molecular weight excluding hydrogens is 398 g/mol. The second-order valence-electron chi connectivity index (χ2n) is 7.40. The Morgan fingerprint density at radius 2 is 1.73 bits per heavy atom. The van der Waals surface area contributed by atoms with E-state index >= 15 is 0 Å². The van der Waals surface area contributed by atoms with Gasteiger partial charge in [0.25, 0.3) is 0 Å². The molecule has 2 heterocycles. The summed E-state index contributed by atoms with van der Waals surface area (Å²) in [4.78, 5) is 31.1. The van der Waals surface area contributed by atoms with Crippen molar-refractivity contribution in [2.75, 3.05) is 51.2 Å². The van der Waals surface area contributed by atoms with Gasteiger partial charge in [-0.3, -0.25) is 4.79 Å². The van der Waals surface area contributed by atoms with Crippen molar-refractivity contribution >= 4 is 28.2 Å². The number of hydrogen-bond donors (Lipinski definition) is 1. The Bertz CT molecular complexity index is 858. The minimum atomic E-state index is -0.397. The van der Waals surface area contributed by atoms with Crippen molar-refractivity contribution in [2.45, 2.75) is 27.2 Å². The Hall–Kier alpha value is -2.22. The van der Waals surface area contributed by atoms with Gasteiger partial charge in [0.1, 0.15) is 10.6 Å². The van der Waals surface area contributed by atoms with Gasteiger partial charge in [0.05, 0.1) is 6.61 Å². The summed E-state index contributed by atoms with van der Waals surface area (Å²) < 4.78 is 5.31. The van der Waals surface area contributed by atoms with E-state index in [-0.39, 0.29) is 5.91 Å². The number of esters is 1. The van der Waals surface area contributed by atoms with Crippen LogP contribution in [-0.2, 0) is 9.53 Å². The second kappa shape index (κ2) is 10.7. The molecule has 30 heavy (non-hydrogen) atoms. The Labute approximate surface area is 182 Å². The molecule has 1 saturated heterocycles. The predicted octanol–water partition coefficient (Wildman–Crippen LogP) is 3.87. The molecule has 1 aromatic carbocycles. The van der Waals surface area contributed by atoms with Crippen LogP contribution < -0.4 is 5.32 Å². The van der Waals surface area contributed by atoms with Crippen molar-refractivity contribution in [3.05, 3.63) is 40.8 Å². The summed E-state index contributed by atoms with van der Waals surface area (Å²) in [5, 5.41) is 3.56. The Morgan fingerprint density at radius 1 is 1.07 bits per heavy atom. The minimum Gasteiger partial charge on any atom is -0.462 e. The number of aryl methyl sites for hydroxylation is 1. The number of carbonyl (C=O) groups excluding carboxylic acids is 2. The second-order valence-corrected chi connectivity index (χ2v) is 8.62. The van der Waals surface area contributed by atoms with Gasteiger partial charge in [-0.25, -0.2) is 4.79 Å². The standard InChI is InChI=1S/C23H31N3O3S/c1-4-25-13-15-26(16-14-25)12-11-19(27)24-22-21(23(28)29-5-2)20(17(3)30-22)18-9-7-6-8-10-18/h6-10H,4-5,11-16H2,1-3H3,(H,24,27). The highest BCUT2D eigenvalue weighted by Gasteiger charge is 2.25. The van der Waals surface area contributed by atoms with Crippen molar-refractivity contribution in [1.29, 1.82) is 0 Å². The van der Waals surface area contributed by atoms with Crippen LogP contribution in [0.4, 0.5) is 5.00 Å². The van der Waals surface area contributed by atoms with E-state index in [0.717, 1.165) is 55.3 Å². The van der Waals surface area contributed by atoms with Crippen LogP contribution in [0.1, 0.15) is 35.5 Å². The Morgan fingerprint density at radius 3 is 2.37 bits per heavy atom. The first-order valence-corrected chi connectivity index (χ1v) is 11.5. The number of nitrogens with zero attached hydrogens (tertiary/aromatic N) is 2. The number of nitrogens with one attached hydrogen (secondary N) is 1. The molecule has 0 atom stereocenters. The molecule has 0 unspecified atom stereocenters. The molecule has 0 bridgehead atoms. The van der Waals surface area contributed by atoms with Crippen molar-refractivity contribution in [1.82, 2.24) is 9.80 Å². The monoisotopic (exact) mass is 429 g/mol. The molecule has 1 aliphatic rings. The quantitative estimate of drug-likeness (QED) is 0.646. The van der Waals surface area contributed by atoms with Gasteiger partial charge in [-0.1, -0.05) is 37.3 Å². The number of carbonyl (C=O) groups is 2. The molecule has 0 radical (unpaired) electrons. The number of hydrogen-bond acceptors (Lipinski definition) is 6. The Balaban J connectivity index is 1.72. The van der Waals surface area contributed by atoms with Crippen molar-refractivity contribution in [2.24, 2.45) is 0 Å². The lowest BCUT2D eigenvalue weighted by atomic mass is 10.0. The van der Waals surface area contributed by atoms with Crippen LogP contribution in [0, 0.1) is 6.92 Å². The topological polar surface area (TPSA) is 61.9 Å². The van der Waals surface area contributed by atoms with Crippen molar-refractivity contribution < 1.29 is 14.3 Å². The largest absolute Gasteiger partial charge is 0.462 e. The van der Waals surface area contributed by atoms with Crippen LogP contribution >= 0.6 is 11.3 Å². The van der Waals surface area contributed by atoms with Gasteiger partial charge in [0, 0.05) is 49.6 Å². The van der Waals surface area contributed by atoms with E-state index in [4.69, 9.17) is 4.74 Å². The number of thiophene rings is 1. The van der Waals surface area contributed by atoms with Gasteiger partial charge < -0.3 is 19.9 Å². The SMILES string of the molecule is CCOC(=O)c1c(NC(=O)CCN2CCN(CC)CC2)sc(C)c1-c1ccccc1. The van der Waals surface area contributed by atoms with Gasteiger partial charge in [0.2, 0.25) is 5.91 Å². The average Bonchev–Trinajstić information content (AvgIpc) is 3.09. The molecule has 1 amide bonds. The van der Waals surface area contributed by atoms with Crippen LogP contribution in [0.15, 0.2) is 30.3 Å². The van der Waals surface area contributed by atoms with E-state index in [1.165, 1.54) is 11.3 Å². The van der Waals surface area contributed by atoms with Crippen LogP contribution in [0.2, 0.25) is 0 Å². The first-order chi connectivity index (χ1) is 14.5. The zero-order valence-corrected chi connectivity index (χ0v) is 18.9. The van der Waals surface area contributed by atoms with E-state index in [1.54, 1.807) is 6.92 Å². The number of anilines is 1. The van der Waals surface area contributed by atoms with Crippen molar-refractivity contribution in [3.63, 3.8) is 0 Å². The van der Waals surface area contributed by atoms with Gasteiger partial charge in [-0.15, -0.1) is 11.3 Å². The lowest BCUT2D eigenvalue weighted by molar-refractivity contribution is -0.116. The number of rotatable bonds is 8. The molecule has 162 valence electrons. The van der Waals surface area contributed by atoms with E-state index in [2.05, 4.69) is 22.0 Å². The highest BCUT2D eigenvalue weighted by Crippen LogP contribution is 2.40. The zero-order valence-electron chi connectivity index (χ0n) is 18.1. The zero-order chi connectivity index (χ0) is 21.5. The summed E-state index contributed by atoms with van der Waals surface area (Å²) in [6.07, 6.45) is 0.409. The summed E-state index contributed by atoms with van der Waals surface area (Å²) >= 11 is 1.43. The molecule has 0 spiro atoms. The molecule has 0 aliphatic carbocycles. The molecule has 0 saturated carbocycles. The van der Waals surface area contributed by atoms with Crippen LogP contribution in [-0.4, -0.2) is 67.6 Å². The number of amides is 1. The highest BCUT2D eigenvalue weighted by molar-refractivity contribution is 7.17. The summed E-state index contributed by atoms with van der Waals surface area (Å²) in [5.74, 6) is -0.467. The molecule has 1 fully saturated rings. The molecule has 2 aromatic rings. The first-order valence-electron chi connectivity index (χ1n) is 10.6. The maximum absolute atomic E-state index is 12.7. The van der Waals surface area contributed by atoms with Crippen LogP contribution in [0.5, 0.6) is 0 Å². The predicted molar refractivity (Wildman–Crippen MR) is 122 cm³/mol. The van der Waals surface area contributed by atoms with Gasteiger partial charge in [0.15, 0.2) is 0 Å². The van der Waals surface area contributed by atoms with E-state index < -0.39 is 5.97 Å². The van der Waals surface area contributed by atoms with E-state index in [0.29, 0.717) is 23.6 Å². The highest BCUT2D eigenvalue weighted by atomic mass is 32.1. The molecule has 7 heteroatoms. The smallest absolute Gasteiger partial charge is 0.341 e. The summed E-state index contributed by atoms with van der Waals surface area (Å²) in [6, 6.07) is 9.77. The molecule has 6 nitrogen and oxygen atoms in total. The van der Waals surface area contributed by atoms with Crippen LogP contribution in [0.3, 0.4) is 0 Å². The van der Waals surface area contributed by atoms with Gasteiger partial charge >= 0.3 is 5.97 Å². The number of likely N-dealkylation sites (N-methyl/N-ethyl adjacent to an activating group) is 1. The molecule has 3 rings (SSSR count). The lowest BCUT2D eigenvalue weighted by Gasteiger charge is -2.33. The molecular formula is C23H31N3O3S. The fraction of sp³-hybridized carbons (Fsp3) is 0.478.